The summed E-state index contributed by atoms with van der Waals surface area (Å²) in [5.74, 6) is -0.782. The van der Waals surface area contributed by atoms with E-state index >= 15 is 0 Å². The number of nitrogens with zero attached hydrogens (tertiary/aromatic N) is 1. The van der Waals surface area contributed by atoms with E-state index in [-0.39, 0.29) is 18.9 Å². The SMILES string of the molecule is CCOC(=O)[C@@H](CO)NC(=O)[C@@H](Cc1ccc(N(CCCl)CCCl)cc1)NC(C)=O. The van der Waals surface area contributed by atoms with Crippen LogP contribution in [0.4, 0.5) is 5.69 Å². The average Bonchev–Trinajstić information content (AvgIpc) is 2.71. The zero-order valence-electron chi connectivity index (χ0n) is 17.2. The molecule has 0 aliphatic rings. The molecule has 0 aliphatic carbocycles. The van der Waals surface area contributed by atoms with Crippen molar-refractivity contribution in [1.82, 2.24) is 10.6 Å². The van der Waals surface area contributed by atoms with E-state index in [4.69, 9.17) is 27.9 Å². The van der Waals surface area contributed by atoms with E-state index in [2.05, 4.69) is 10.6 Å². The molecule has 0 unspecified atom stereocenters. The minimum Gasteiger partial charge on any atom is -0.464 e. The lowest BCUT2D eigenvalue weighted by Gasteiger charge is -2.24. The van der Waals surface area contributed by atoms with Crippen molar-refractivity contribution >= 4 is 46.7 Å². The molecule has 0 aliphatic heterocycles. The van der Waals surface area contributed by atoms with Crippen LogP contribution in [0.2, 0.25) is 0 Å². The van der Waals surface area contributed by atoms with Crippen molar-refractivity contribution in [2.75, 3.05) is 43.0 Å². The Morgan fingerprint density at radius 1 is 1.07 bits per heavy atom. The van der Waals surface area contributed by atoms with Gasteiger partial charge in [-0.3, -0.25) is 9.59 Å². The molecule has 10 heteroatoms. The third-order valence-corrected chi connectivity index (χ3v) is 4.55. The lowest BCUT2D eigenvalue weighted by molar-refractivity contribution is -0.148. The molecule has 2 amide bonds. The maximum absolute atomic E-state index is 12.6. The van der Waals surface area contributed by atoms with Crippen molar-refractivity contribution in [2.24, 2.45) is 0 Å². The molecule has 0 radical (unpaired) electrons. The van der Waals surface area contributed by atoms with Crippen LogP contribution in [-0.4, -0.2) is 73.0 Å². The van der Waals surface area contributed by atoms with Gasteiger partial charge in [-0.25, -0.2) is 4.79 Å². The number of halogens is 2. The summed E-state index contributed by atoms with van der Waals surface area (Å²) in [6.07, 6.45) is 0.206. The largest absolute Gasteiger partial charge is 0.464 e. The number of esters is 1. The fourth-order valence-corrected chi connectivity index (χ4v) is 3.21. The zero-order valence-corrected chi connectivity index (χ0v) is 18.7. The molecule has 8 nitrogen and oxygen atoms in total. The Balaban J connectivity index is 2.90. The van der Waals surface area contributed by atoms with Crippen LogP contribution in [0, 0.1) is 0 Å². The van der Waals surface area contributed by atoms with Crippen molar-refractivity contribution in [3.8, 4) is 0 Å². The predicted octanol–water partition coefficient (Wildman–Crippen LogP) is 1.06. The Morgan fingerprint density at radius 3 is 2.13 bits per heavy atom. The van der Waals surface area contributed by atoms with Crippen LogP contribution in [-0.2, 0) is 25.5 Å². The highest BCUT2D eigenvalue weighted by Crippen LogP contribution is 2.17. The van der Waals surface area contributed by atoms with Crippen LogP contribution in [0.3, 0.4) is 0 Å². The minimum atomic E-state index is -1.20. The number of amides is 2. The summed E-state index contributed by atoms with van der Waals surface area (Å²) >= 11 is 11.7. The Kier molecular flexibility index (Phi) is 12.2. The summed E-state index contributed by atoms with van der Waals surface area (Å²) in [6.45, 7) is 3.75. The smallest absolute Gasteiger partial charge is 0.331 e. The van der Waals surface area contributed by atoms with Gasteiger partial charge in [0.15, 0.2) is 6.04 Å². The third kappa shape index (κ3) is 8.77. The van der Waals surface area contributed by atoms with Gasteiger partial charge in [0.1, 0.15) is 6.04 Å². The minimum absolute atomic E-state index is 0.122. The van der Waals surface area contributed by atoms with Gasteiger partial charge in [-0.05, 0) is 24.6 Å². The van der Waals surface area contributed by atoms with Crippen molar-refractivity contribution in [1.29, 1.82) is 0 Å². The molecule has 0 bridgehead atoms. The Bertz CT molecular complexity index is 682. The van der Waals surface area contributed by atoms with Gasteiger partial charge in [-0.15, -0.1) is 23.2 Å². The third-order valence-electron chi connectivity index (χ3n) is 4.21. The zero-order chi connectivity index (χ0) is 22.5. The van der Waals surface area contributed by atoms with Crippen molar-refractivity contribution in [2.45, 2.75) is 32.4 Å². The molecule has 0 aromatic heterocycles. The Hall–Kier alpha value is -2.03. The number of benzene rings is 1. The van der Waals surface area contributed by atoms with Gasteiger partial charge in [0, 0.05) is 43.9 Å². The van der Waals surface area contributed by atoms with E-state index in [0.717, 1.165) is 11.3 Å². The fourth-order valence-electron chi connectivity index (χ4n) is 2.80. The highest BCUT2D eigenvalue weighted by atomic mass is 35.5. The van der Waals surface area contributed by atoms with Gasteiger partial charge in [-0.1, -0.05) is 12.1 Å². The molecule has 30 heavy (non-hydrogen) atoms. The van der Waals surface area contributed by atoms with Crippen LogP contribution >= 0.6 is 23.2 Å². The number of ether oxygens (including phenoxy) is 1. The van der Waals surface area contributed by atoms with E-state index in [1.807, 2.05) is 29.2 Å². The van der Waals surface area contributed by atoms with Gasteiger partial charge >= 0.3 is 5.97 Å². The van der Waals surface area contributed by atoms with Crippen LogP contribution in [0.25, 0.3) is 0 Å². The number of aliphatic hydroxyl groups is 1. The quantitative estimate of drug-likeness (QED) is 0.299. The van der Waals surface area contributed by atoms with E-state index < -0.39 is 30.6 Å². The van der Waals surface area contributed by atoms with Gasteiger partial charge in [0.25, 0.3) is 0 Å². The van der Waals surface area contributed by atoms with E-state index in [0.29, 0.717) is 24.8 Å². The number of hydrogen-bond acceptors (Lipinski definition) is 6. The average molecular weight is 462 g/mol. The van der Waals surface area contributed by atoms with Crippen LogP contribution < -0.4 is 15.5 Å². The van der Waals surface area contributed by atoms with Crippen molar-refractivity contribution in [3.63, 3.8) is 0 Å². The summed E-state index contributed by atoms with van der Waals surface area (Å²) in [5, 5.41) is 14.4. The second kappa shape index (κ2) is 14.1. The van der Waals surface area contributed by atoms with Gasteiger partial charge in [-0.2, -0.15) is 0 Å². The van der Waals surface area contributed by atoms with Crippen molar-refractivity contribution in [3.05, 3.63) is 29.8 Å². The molecular formula is C20H29Cl2N3O5. The lowest BCUT2D eigenvalue weighted by Crippen LogP contribution is -2.53. The molecule has 2 atom stereocenters. The highest BCUT2D eigenvalue weighted by molar-refractivity contribution is 6.18. The number of rotatable bonds is 13. The number of nitrogens with one attached hydrogen (secondary N) is 2. The number of anilines is 1. The standard InChI is InChI=1S/C20H29Cl2N3O5/c1-3-30-20(29)18(13-26)24-19(28)17(23-14(2)27)12-15-4-6-16(7-5-15)25(10-8-21)11-9-22/h4-7,17-18,26H,3,8-13H2,1-2H3,(H,23,27)(H,24,28)/t17-,18-/m1/s1. The van der Waals surface area contributed by atoms with Crippen LogP contribution in [0.15, 0.2) is 24.3 Å². The van der Waals surface area contributed by atoms with Crippen LogP contribution in [0.1, 0.15) is 19.4 Å². The fraction of sp³-hybridized carbons (Fsp3) is 0.550. The number of hydrogen-bond donors (Lipinski definition) is 3. The first-order chi connectivity index (χ1) is 14.4. The highest BCUT2D eigenvalue weighted by Gasteiger charge is 2.26. The summed E-state index contributed by atoms with van der Waals surface area (Å²) < 4.78 is 4.83. The molecule has 1 rings (SSSR count). The van der Waals surface area contributed by atoms with Crippen LogP contribution in [0.5, 0.6) is 0 Å². The normalized spacial score (nSPS) is 12.6. The number of aliphatic hydroxyl groups excluding tert-OH is 1. The monoisotopic (exact) mass is 461 g/mol. The summed E-state index contributed by atoms with van der Waals surface area (Å²) in [6, 6.07) is 5.37. The van der Waals surface area contributed by atoms with E-state index in [1.54, 1.807) is 6.92 Å². The molecule has 3 N–H and O–H groups in total. The second-order valence-electron chi connectivity index (χ2n) is 6.48. The van der Waals surface area contributed by atoms with Gasteiger partial charge in [0.2, 0.25) is 11.8 Å². The van der Waals surface area contributed by atoms with E-state index in [9.17, 15) is 19.5 Å². The van der Waals surface area contributed by atoms with Crippen molar-refractivity contribution < 1.29 is 24.2 Å². The predicted molar refractivity (Wildman–Crippen MR) is 117 cm³/mol. The molecule has 0 saturated heterocycles. The first kappa shape index (κ1) is 26.0. The number of carbonyl (C=O) groups excluding carboxylic acids is 3. The summed E-state index contributed by atoms with van der Waals surface area (Å²) in [4.78, 5) is 38.0. The molecule has 168 valence electrons. The van der Waals surface area contributed by atoms with Gasteiger partial charge in [0.05, 0.1) is 13.2 Å². The van der Waals surface area contributed by atoms with Gasteiger partial charge < -0.3 is 25.4 Å². The maximum Gasteiger partial charge on any atom is 0.331 e. The topological polar surface area (TPSA) is 108 Å². The molecule has 0 spiro atoms. The molecule has 0 heterocycles. The Labute approximate surface area is 186 Å². The summed E-state index contributed by atoms with van der Waals surface area (Å²) in [7, 11) is 0. The number of alkyl halides is 2. The maximum atomic E-state index is 12.6. The molecule has 0 fully saturated rings. The summed E-state index contributed by atoms with van der Waals surface area (Å²) in [5.41, 5.74) is 1.75. The van der Waals surface area contributed by atoms with E-state index in [1.165, 1.54) is 6.92 Å². The molecule has 1 aromatic rings. The molecule has 1 aromatic carbocycles. The number of carbonyl (C=O) groups is 3. The molecular weight excluding hydrogens is 433 g/mol. The second-order valence-corrected chi connectivity index (χ2v) is 7.24. The first-order valence-electron chi connectivity index (χ1n) is 9.67. The first-order valence-corrected chi connectivity index (χ1v) is 10.7. The Morgan fingerprint density at radius 2 is 1.67 bits per heavy atom. The lowest BCUT2D eigenvalue weighted by atomic mass is 10.0. The molecule has 0 saturated carbocycles.